The topological polar surface area (TPSA) is 102 Å². The maximum absolute atomic E-state index is 11.7. The van der Waals surface area contributed by atoms with Crippen LogP contribution in [0.2, 0.25) is 0 Å². The summed E-state index contributed by atoms with van der Waals surface area (Å²) in [4.78, 5) is 21.9. The number of nitrogens with zero attached hydrogens (tertiary/aromatic N) is 1. The van der Waals surface area contributed by atoms with Crippen LogP contribution in [0.15, 0.2) is 42.5 Å². The number of benzene rings is 2. The number of phenols is 1. The second-order valence-corrected chi connectivity index (χ2v) is 4.48. The lowest BCUT2D eigenvalue weighted by atomic mass is 10.1. The highest BCUT2D eigenvalue weighted by atomic mass is 16.6. The molecule has 0 unspecified atom stereocenters. The Morgan fingerprint density at radius 1 is 1.24 bits per heavy atom. The summed E-state index contributed by atoms with van der Waals surface area (Å²) in [5.41, 5.74) is 1.000. The summed E-state index contributed by atoms with van der Waals surface area (Å²) in [6.07, 6.45) is -0.790. The molecule has 2 N–H and O–H groups in total. The van der Waals surface area contributed by atoms with Crippen LogP contribution >= 0.6 is 0 Å². The average Bonchev–Trinajstić information content (AvgIpc) is 2.78. The third kappa shape index (κ3) is 2.25. The van der Waals surface area contributed by atoms with Crippen molar-refractivity contribution in [1.29, 1.82) is 0 Å². The van der Waals surface area contributed by atoms with Gasteiger partial charge in [-0.2, -0.15) is 0 Å². The normalized spacial score (nSPS) is 16.2. The average molecular weight is 286 g/mol. The number of fused-ring (bicyclic) bond motifs is 1. The number of cyclic esters (lactones) is 1. The molecule has 7 nitrogen and oxygen atoms in total. The van der Waals surface area contributed by atoms with Crippen LogP contribution in [0.5, 0.6) is 5.75 Å². The van der Waals surface area contributed by atoms with Crippen molar-refractivity contribution in [3.8, 4) is 5.75 Å². The van der Waals surface area contributed by atoms with Gasteiger partial charge in [-0.1, -0.05) is 18.2 Å². The Hall–Kier alpha value is -3.09. The molecule has 0 aromatic heterocycles. The van der Waals surface area contributed by atoms with E-state index >= 15 is 0 Å². The Kier molecular flexibility index (Phi) is 2.94. The van der Waals surface area contributed by atoms with Crippen LogP contribution in [0.1, 0.15) is 22.1 Å². The van der Waals surface area contributed by atoms with Crippen LogP contribution in [-0.2, 0) is 4.74 Å². The molecule has 1 atom stereocenters. The molecule has 0 aliphatic carbocycles. The molecule has 2 aromatic rings. The fourth-order valence-corrected chi connectivity index (χ4v) is 2.15. The Balaban J connectivity index is 1.93. The van der Waals surface area contributed by atoms with Crippen molar-refractivity contribution in [2.45, 2.75) is 6.23 Å². The Morgan fingerprint density at radius 2 is 2.00 bits per heavy atom. The molecule has 7 heteroatoms. The first-order valence-corrected chi connectivity index (χ1v) is 6.10. The lowest BCUT2D eigenvalue weighted by molar-refractivity contribution is -0.384. The molecule has 106 valence electrons. The number of nitro groups is 1. The van der Waals surface area contributed by atoms with E-state index in [4.69, 9.17) is 4.74 Å². The Morgan fingerprint density at radius 3 is 2.76 bits per heavy atom. The number of ether oxygens (including phenoxy) is 1. The SMILES string of the molecule is O=C1O[C@H](Nc2cc([N+](=O)[O-])ccc2O)c2ccccc21. The number of non-ortho nitro benzene ring substituents is 1. The van der Waals surface area contributed by atoms with Crippen molar-refractivity contribution >= 4 is 17.3 Å². The monoisotopic (exact) mass is 286 g/mol. The van der Waals surface area contributed by atoms with E-state index in [9.17, 15) is 20.0 Å². The summed E-state index contributed by atoms with van der Waals surface area (Å²) in [7, 11) is 0. The number of esters is 1. The molecule has 21 heavy (non-hydrogen) atoms. The van der Waals surface area contributed by atoms with Gasteiger partial charge in [0.1, 0.15) is 5.75 Å². The zero-order valence-electron chi connectivity index (χ0n) is 10.6. The molecule has 2 aromatic carbocycles. The first-order valence-electron chi connectivity index (χ1n) is 6.10. The molecule has 0 saturated carbocycles. The fraction of sp³-hybridized carbons (Fsp3) is 0.0714. The third-order valence-electron chi connectivity index (χ3n) is 3.17. The number of phenolic OH excluding ortho intramolecular Hbond substituents is 1. The highest BCUT2D eigenvalue weighted by molar-refractivity contribution is 5.94. The summed E-state index contributed by atoms with van der Waals surface area (Å²) in [5.74, 6) is -0.644. The van der Waals surface area contributed by atoms with E-state index in [-0.39, 0.29) is 17.1 Å². The standard InChI is InChI=1S/C14H10N2O5/c17-12-6-5-8(16(19)20)7-11(12)15-13-9-3-1-2-4-10(9)14(18)21-13/h1-7,13,15,17H/t13-/m0/s1. The molecule has 0 radical (unpaired) electrons. The van der Waals surface area contributed by atoms with Crippen molar-refractivity contribution in [2.24, 2.45) is 0 Å². The number of hydrogen-bond donors (Lipinski definition) is 2. The molecule has 1 heterocycles. The maximum atomic E-state index is 11.7. The van der Waals surface area contributed by atoms with Crippen molar-refractivity contribution in [3.63, 3.8) is 0 Å². The van der Waals surface area contributed by atoms with Gasteiger partial charge in [-0.3, -0.25) is 10.1 Å². The van der Waals surface area contributed by atoms with Gasteiger partial charge in [0.2, 0.25) is 6.23 Å². The summed E-state index contributed by atoms with van der Waals surface area (Å²) in [5, 5.41) is 23.3. The molecule has 0 saturated heterocycles. The highest BCUT2D eigenvalue weighted by Crippen LogP contribution is 2.35. The number of nitro benzene ring substituents is 1. The van der Waals surface area contributed by atoms with Crippen LogP contribution in [0.3, 0.4) is 0 Å². The number of carbonyl (C=O) groups is 1. The Bertz CT molecular complexity index is 744. The van der Waals surface area contributed by atoms with Gasteiger partial charge in [0.15, 0.2) is 0 Å². The number of nitrogens with one attached hydrogen (secondary N) is 1. The third-order valence-corrected chi connectivity index (χ3v) is 3.17. The van der Waals surface area contributed by atoms with Crippen LogP contribution in [0, 0.1) is 10.1 Å². The van der Waals surface area contributed by atoms with Gasteiger partial charge in [0, 0.05) is 17.7 Å². The second kappa shape index (κ2) is 4.78. The van der Waals surface area contributed by atoms with Crippen LogP contribution < -0.4 is 5.32 Å². The summed E-state index contributed by atoms with van der Waals surface area (Å²) in [6.45, 7) is 0. The van der Waals surface area contributed by atoms with Gasteiger partial charge in [-0.05, 0) is 12.1 Å². The van der Waals surface area contributed by atoms with Gasteiger partial charge >= 0.3 is 5.97 Å². The number of hydrogen-bond acceptors (Lipinski definition) is 6. The van der Waals surface area contributed by atoms with Gasteiger partial charge in [-0.25, -0.2) is 4.79 Å². The van der Waals surface area contributed by atoms with Crippen molar-refractivity contribution in [3.05, 3.63) is 63.7 Å². The van der Waals surface area contributed by atoms with Crippen LogP contribution in [0.4, 0.5) is 11.4 Å². The van der Waals surface area contributed by atoms with Crippen molar-refractivity contribution in [2.75, 3.05) is 5.32 Å². The summed E-state index contributed by atoms with van der Waals surface area (Å²) < 4.78 is 5.16. The largest absolute Gasteiger partial charge is 0.506 e. The van der Waals surface area contributed by atoms with E-state index in [2.05, 4.69) is 5.32 Å². The van der Waals surface area contributed by atoms with E-state index < -0.39 is 17.1 Å². The number of aromatic hydroxyl groups is 1. The second-order valence-electron chi connectivity index (χ2n) is 4.48. The molecule has 1 aliphatic rings. The smallest absolute Gasteiger partial charge is 0.340 e. The zero-order chi connectivity index (χ0) is 15.0. The van der Waals surface area contributed by atoms with Crippen LogP contribution in [-0.4, -0.2) is 16.0 Å². The van der Waals surface area contributed by atoms with E-state index in [1.54, 1.807) is 24.3 Å². The quantitative estimate of drug-likeness (QED) is 0.389. The summed E-state index contributed by atoms with van der Waals surface area (Å²) in [6, 6.07) is 10.4. The first kappa shape index (κ1) is 12.9. The molecular weight excluding hydrogens is 276 g/mol. The van der Waals surface area contributed by atoms with E-state index in [1.165, 1.54) is 18.2 Å². The molecule has 0 spiro atoms. The minimum atomic E-state index is -0.790. The molecule has 0 amide bonds. The minimum absolute atomic E-state index is 0.124. The van der Waals surface area contributed by atoms with Crippen molar-refractivity contribution < 1.29 is 19.6 Å². The van der Waals surface area contributed by atoms with E-state index in [0.717, 1.165) is 0 Å². The number of carbonyl (C=O) groups excluding carboxylic acids is 1. The van der Waals surface area contributed by atoms with Gasteiger partial charge in [0.25, 0.3) is 5.69 Å². The first-order chi connectivity index (χ1) is 10.1. The zero-order valence-corrected chi connectivity index (χ0v) is 10.6. The lowest BCUT2D eigenvalue weighted by Gasteiger charge is -2.15. The predicted octanol–water partition coefficient (Wildman–Crippen LogP) is 2.58. The number of rotatable bonds is 3. The predicted molar refractivity (Wildman–Crippen MR) is 73.0 cm³/mol. The van der Waals surface area contributed by atoms with Crippen molar-refractivity contribution in [1.82, 2.24) is 0 Å². The maximum Gasteiger partial charge on any atom is 0.340 e. The molecule has 0 bridgehead atoms. The van der Waals surface area contributed by atoms with Crippen LogP contribution in [0.25, 0.3) is 0 Å². The summed E-state index contributed by atoms with van der Waals surface area (Å²) >= 11 is 0. The highest BCUT2D eigenvalue weighted by Gasteiger charge is 2.31. The lowest BCUT2D eigenvalue weighted by Crippen LogP contribution is -2.10. The minimum Gasteiger partial charge on any atom is -0.506 e. The fourth-order valence-electron chi connectivity index (χ4n) is 2.15. The van der Waals surface area contributed by atoms with Gasteiger partial charge < -0.3 is 15.2 Å². The molecular formula is C14H10N2O5. The Labute approximate surface area is 118 Å². The van der Waals surface area contributed by atoms with Gasteiger partial charge in [-0.15, -0.1) is 0 Å². The van der Waals surface area contributed by atoms with E-state index in [0.29, 0.717) is 11.1 Å². The van der Waals surface area contributed by atoms with Gasteiger partial charge in [0.05, 0.1) is 16.2 Å². The molecule has 1 aliphatic heterocycles. The van der Waals surface area contributed by atoms with E-state index in [1.807, 2.05) is 0 Å². The molecule has 3 rings (SSSR count). The number of anilines is 1. The molecule has 0 fully saturated rings.